The van der Waals surface area contributed by atoms with E-state index >= 15 is 0 Å². The first-order chi connectivity index (χ1) is 21.3. The van der Waals surface area contributed by atoms with Gasteiger partial charge in [-0.05, 0) is 66.6 Å². The molecule has 1 fully saturated rings. The Hall–Kier alpha value is -4.72. The van der Waals surface area contributed by atoms with Gasteiger partial charge >= 0.3 is 6.18 Å². The molecule has 0 N–H and O–H groups in total. The summed E-state index contributed by atoms with van der Waals surface area (Å²) in [6.07, 6.45) is -1.98. The molecular weight excluding hydrogens is 563 g/mol. The summed E-state index contributed by atoms with van der Waals surface area (Å²) in [6, 6.07) is 31.2. The van der Waals surface area contributed by atoms with Crippen molar-refractivity contribution >= 4 is 22.5 Å². The Kier molecular flexibility index (Phi) is 8.33. The van der Waals surface area contributed by atoms with Crippen molar-refractivity contribution in [2.24, 2.45) is 0 Å². The Labute approximate surface area is 255 Å². The molecular formula is C36H34F3N3O2. The molecule has 1 amide bonds. The van der Waals surface area contributed by atoms with Crippen LogP contribution in [0.15, 0.2) is 109 Å². The van der Waals surface area contributed by atoms with Crippen LogP contribution >= 0.6 is 0 Å². The normalized spacial score (nSPS) is 14.5. The van der Waals surface area contributed by atoms with Crippen molar-refractivity contribution in [2.45, 2.75) is 32.0 Å². The van der Waals surface area contributed by atoms with Crippen LogP contribution in [0.25, 0.3) is 10.9 Å². The van der Waals surface area contributed by atoms with Gasteiger partial charge in [-0.3, -0.25) is 4.79 Å². The third kappa shape index (κ3) is 6.30. The number of alkyl halides is 3. The van der Waals surface area contributed by atoms with Gasteiger partial charge < -0.3 is 19.1 Å². The molecule has 1 atom stereocenters. The number of ether oxygens (including phenoxy) is 1. The van der Waals surface area contributed by atoms with Crippen molar-refractivity contribution < 1.29 is 22.7 Å². The lowest BCUT2D eigenvalue weighted by atomic mass is 9.87. The number of aryl methyl sites for hydroxylation is 1. The summed E-state index contributed by atoms with van der Waals surface area (Å²) in [5.74, 6) is 1.22. The van der Waals surface area contributed by atoms with Crippen LogP contribution < -0.4 is 9.64 Å². The number of benzene rings is 4. The van der Waals surface area contributed by atoms with E-state index in [9.17, 15) is 18.0 Å². The van der Waals surface area contributed by atoms with Crippen molar-refractivity contribution in [3.8, 4) is 11.5 Å². The van der Waals surface area contributed by atoms with Crippen LogP contribution in [0, 0.1) is 0 Å². The van der Waals surface area contributed by atoms with E-state index in [0.717, 1.165) is 40.4 Å². The van der Waals surface area contributed by atoms with Gasteiger partial charge in [-0.15, -0.1) is 0 Å². The third-order valence-corrected chi connectivity index (χ3v) is 8.32. The number of aromatic nitrogens is 1. The SMILES string of the molecule is CCn1cc(C(CC(=O)N2CCN(c3cccc(C(F)(F)F)c3)CC2)c2cccc(Oc3ccccc3)c2)c2ccccc21. The molecule has 0 saturated carbocycles. The fourth-order valence-electron chi connectivity index (χ4n) is 6.04. The molecule has 5 nitrogen and oxygen atoms in total. The van der Waals surface area contributed by atoms with Gasteiger partial charge in [0, 0.05) is 67.8 Å². The quantitative estimate of drug-likeness (QED) is 0.180. The molecule has 0 bridgehead atoms. The highest BCUT2D eigenvalue weighted by atomic mass is 19.4. The maximum absolute atomic E-state index is 13.9. The van der Waals surface area contributed by atoms with Gasteiger partial charge in [0.1, 0.15) is 11.5 Å². The average molecular weight is 598 g/mol. The van der Waals surface area contributed by atoms with E-state index in [-0.39, 0.29) is 18.2 Å². The summed E-state index contributed by atoms with van der Waals surface area (Å²) in [4.78, 5) is 17.6. The maximum atomic E-state index is 13.9. The fraction of sp³-hybridized carbons (Fsp3) is 0.250. The smallest absolute Gasteiger partial charge is 0.416 e. The summed E-state index contributed by atoms with van der Waals surface area (Å²) in [5.41, 5.74) is 3.03. The van der Waals surface area contributed by atoms with Crippen LogP contribution in [0.1, 0.15) is 36.0 Å². The molecule has 6 rings (SSSR count). The molecule has 1 aromatic heterocycles. The zero-order valence-electron chi connectivity index (χ0n) is 24.5. The minimum atomic E-state index is -4.40. The minimum absolute atomic E-state index is 0.0152. The lowest BCUT2D eigenvalue weighted by Crippen LogP contribution is -2.49. The highest BCUT2D eigenvalue weighted by Gasteiger charge is 2.32. The Morgan fingerprint density at radius 1 is 0.818 bits per heavy atom. The average Bonchev–Trinajstić information content (AvgIpc) is 3.42. The van der Waals surface area contributed by atoms with Gasteiger partial charge in [-0.1, -0.05) is 54.6 Å². The van der Waals surface area contributed by atoms with Gasteiger partial charge in [-0.2, -0.15) is 13.2 Å². The Morgan fingerprint density at radius 2 is 1.52 bits per heavy atom. The molecule has 4 aromatic carbocycles. The van der Waals surface area contributed by atoms with Crippen LogP contribution in [0.4, 0.5) is 18.9 Å². The van der Waals surface area contributed by atoms with E-state index in [4.69, 9.17) is 4.74 Å². The van der Waals surface area contributed by atoms with Crippen molar-refractivity contribution in [3.05, 3.63) is 126 Å². The number of nitrogens with zero attached hydrogens (tertiary/aromatic N) is 3. The van der Waals surface area contributed by atoms with Gasteiger partial charge in [-0.25, -0.2) is 0 Å². The molecule has 8 heteroatoms. The van der Waals surface area contributed by atoms with Gasteiger partial charge in [0.15, 0.2) is 0 Å². The van der Waals surface area contributed by atoms with E-state index in [0.29, 0.717) is 37.6 Å². The number of piperazine rings is 1. The highest BCUT2D eigenvalue weighted by molar-refractivity contribution is 5.87. The summed E-state index contributed by atoms with van der Waals surface area (Å²) in [6.45, 7) is 4.72. The fourth-order valence-corrected chi connectivity index (χ4v) is 6.04. The topological polar surface area (TPSA) is 37.7 Å². The Morgan fingerprint density at radius 3 is 2.27 bits per heavy atom. The number of carbonyl (C=O) groups excluding carboxylic acids is 1. The number of hydrogen-bond donors (Lipinski definition) is 0. The van der Waals surface area contributed by atoms with Crippen LogP contribution in [0.2, 0.25) is 0 Å². The van der Waals surface area contributed by atoms with Gasteiger partial charge in [0.2, 0.25) is 5.91 Å². The van der Waals surface area contributed by atoms with Crippen molar-refractivity contribution in [2.75, 3.05) is 31.1 Å². The first-order valence-electron chi connectivity index (χ1n) is 14.9. The van der Waals surface area contributed by atoms with Crippen molar-refractivity contribution in [1.82, 2.24) is 9.47 Å². The molecule has 5 aromatic rings. The minimum Gasteiger partial charge on any atom is -0.457 e. The Balaban J connectivity index is 1.26. The number of hydrogen-bond acceptors (Lipinski definition) is 3. The summed E-state index contributed by atoms with van der Waals surface area (Å²) in [7, 11) is 0. The van der Waals surface area contributed by atoms with E-state index < -0.39 is 11.7 Å². The Bertz CT molecular complexity index is 1740. The molecule has 1 aliphatic rings. The molecule has 44 heavy (non-hydrogen) atoms. The highest BCUT2D eigenvalue weighted by Crippen LogP contribution is 2.37. The summed E-state index contributed by atoms with van der Waals surface area (Å²) in [5, 5.41) is 1.11. The van der Waals surface area contributed by atoms with Crippen LogP contribution in [-0.2, 0) is 17.5 Å². The van der Waals surface area contributed by atoms with Crippen molar-refractivity contribution in [1.29, 1.82) is 0 Å². The zero-order chi connectivity index (χ0) is 30.7. The number of rotatable bonds is 8. The number of amides is 1. The van der Waals surface area contributed by atoms with Crippen molar-refractivity contribution in [3.63, 3.8) is 0 Å². The summed E-state index contributed by atoms with van der Waals surface area (Å²) >= 11 is 0. The van der Waals surface area contributed by atoms with E-state index in [1.54, 1.807) is 6.07 Å². The number of fused-ring (bicyclic) bond motifs is 1. The van der Waals surface area contributed by atoms with E-state index in [1.165, 1.54) is 12.1 Å². The molecule has 226 valence electrons. The largest absolute Gasteiger partial charge is 0.457 e. The third-order valence-electron chi connectivity index (χ3n) is 8.32. The molecule has 2 heterocycles. The molecule has 1 unspecified atom stereocenters. The van der Waals surface area contributed by atoms with Crippen LogP contribution in [-0.4, -0.2) is 41.6 Å². The molecule has 0 spiro atoms. The standard InChI is InChI=1S/C36H34F3N3O2/c1-2-40-25-33(31-16-6-7-17-34(31)40)32(26-10-8-15-30(22-26)44-29-13-4-3-5-14-29)24-35(43)42-20-18-41(19-21-42)28-12-9-11-27(23-28)36(37,38)39/h3-17,22-23,25,32H,2,18-21,24H2,1H3. The second-order valence-electron chi connectivity index (χ2n) is 11.0. The van der Waals surface area contributed by atoms with Gasteiger partial charge in [0.05, 0.1) is 5.56 Å². The number of halogens is 3. The number of para-hydroxylation sites is 2. The molecule has 1 saturated heterocycles. The lowest BCUT2D eigenvalue weighted by molar-refractivity contribution is -0.137. The first-order valence-corrected chi connectivity index (χ1v) is 14.9. The molecule has 0 radical (unpaired) electrons. The first kappa shape index (κ1) is 29.4. The van der Waals surface area contributed by atoms with Crippen LogP contribution in [0.3, 0.4) is 0 Å². The predicted molar refractivity (Wildman–Crippen MR) is 167 cm³/mol. The number of carbonyl (C=O) groups is 1. The van der Waals surface area contributed by atoms with Crippen LogP contribution in [0.5, 0.6) is 11.5 Å². The van der Waals surface area contributed by atoms with E-state index in [2.05, 4.69) is 29.8 Å². The maximum Gasteiger partial charge on any atom is 0.416 e. The second kappa shape index (κ2) is 12.5. The predicted octanol–water partition coefficient (Wildman–Crippen LogP) is 8.34. The monoisotopic (exact) mass is 597 g/mol. The summed E-state index contributed by atoms with van der Waals surface area (Å²) < 4.78 is 48.2. The zero-order valence-corrected chi connectivity index (χ0v) is 24.5. The number of anilines is 1. The molecule has 0 aliphatic carbocycles. The van der Waals surface area contributed by atoms with E-state index in [1.807, 2.05) is 76.5 Å². The lowest BCUT2D eigenvalue weighted by Gasteiger charge is -2.37. The second-order valence-corrected chi connectivity index (χ2v) is 11.0. The molecule has 1 aliphatic heterocycles. The van der Waals surface area contributed by atoms with Gasteiger partial charge in [0.25, 0.3) is 0 Å².